The van der Waals surface area contributed by atoms with Crippen LogP contribution in [0.25, 0.3) is 0 Å². The van der Waals surface area contributed by atoms with E-state index in [1.54, 1.807) is 0 Å². The average Bonchev–Trinajstić information content (AvgIpc) is 2.24. The summed E-state index contributed by atoms with van der Waals surface area (Å²) >= 11 is 1.95. The van der Waals surface area contributed by atoms with Crippen LogP contribution < -0.4 is 16.2 Å². The summed E-state index contributed by atoms with van der Waals surface area (Å²) in [6, 6.07) is 0.439. The van der Waals surface area contributed by atoms with E-state index in [-0.39, 0.29) is 0 Å². The molecule has 3 nitrogen and oxygen atoms in total. The molecule has 1 heterocycles. The third-order valence-electron chi connectivity index (χ3n) is 2.39. The Morgan fingerprint density at radius 2 is 2.29 bits per heavy atom. The predicted molar refractivity (Wildman–Crippen MR) is 64.1 cm³/mol. The first-order valence-corrected chi connectivity index (χ1v) is 6.31. The summed E-state index contributed by atoms with van der Waals surface area (Å²) < 4.78 is 0. The molecule has 0 amide bonds. The van der Waals surface area contributed by atoms with Crippen LogP contribution in [0.2, 0.25) is 0 Å². The number of hydrazine groups is 1. The maximum atomic E-state index is 3.26. The Morgan fingerprint density at radius 3 is 3.07 bits per heavy atom. The van der Waals surface area contributed by atoms with Gasteiger partial charge in [0, 0.05) is 23.7 Å². The molecule has 0 aliphatic carbocycles. The maximum absolute atomic E-state index is 3.26. The minimum absolute atomic E-state index is 0.439. The molecule has 0 spiro atoms. The van der Waals surface area contributed by atoms with Crippen molar-refractivity contribution in [1.82, 2.24) is 16.2 Å². The van der Waals surface area contributed by atoms with Crippen molar-refractivity contribution in [2.24, 2.45) is 0 Å². The molecular weight excluding hydrogens is 194 g/mol. The maximum Gasteiger partial charge on any atom is 0.0363 e. The Hall–Kier alpha value is -0.190. The molecular formula is C10H21N3S. The zero-order chi connectivity index (χ0) is 10.2. The molecule has 82 valence electrons. The van der Waals surface area contributed by atoms with Gasteiger partial charge in [-0.3, -0.25) is 0 Å². The second-order valence-corrected chi connectivity index (χ2v) is 4.71. The molecule has 14 heavy (non-hydrogen) atoms. The lowest BCUT2D eigenvalue weighted by Gasteiger charge is -2.17. The van der Waals surface area contributed by atoms with E-state index in [0.29, 0.717) is 6.04 Å². The van der Waals surface area contributed by atoms with E-state index in [1.165, 1.54) is 29.9 Å². The van der Waals surface area contributed by atoms with Gasteiger partial charge in [0.15, 0.2) is 0 Å². The minimum atomic E-state index is 0.439. The van der Waals surface area contributed by atoms with E-state index < -0.39 is 0 Å². The summed E-state index contributed by atoms with van der Waals surface area (Å²) in [5.41, 5.74) is 6.34. The third kappa shape index (κ3) is 4.35. The number of nitrogens with one attached hydrogen (secondary N) is 3. The van der Waals surface area contributed by atoms with Crippen LogP contribution in [0.5, 0.6) is 0 Å². The van der Waals surface area contributed by atoms with Crippen LogP contribution in [0.4, 0.5) is 0 Å². The molecule has 1 atom stereocenters. The van der Waals surface area contributed by atoms with Crippen molar-refractivity contribution in [3.63, 3.8) is 0 Å². The molecule has 0 saturated heterocycles. The van der Waals surface area contributed by atoms with Crippen LogP contribution in [0.3, 0.4) is 0 Å². The van der Waals surface area contributed by atoms with Crippen molar-refractivity contribution in [2.75, 3.05) is 19.3 Å². The van der Waals surface area contributed by atoms with Crippen LogP contribution in [0, 0.1) is 0 Å². The second kappa shape index (κ2) is 7.15. The van der Waals surface area contributed by atoms with Crippen molar-refractivity contribution in [2.45, 2.75) is 32.2 Å². The summed E-state index contributed by atoms with van der Waals surface area (Å²) in [5.74, 6) is 1.24. The Labute approximate surface area is 91.1 Å². The number of hydrogen-bond acceptors (Lipinski definition) is 4. The van der Waals surface area contributed by atoms with E-state index >= 15 is 0 Å². The van der Waals surface area contributed by atoms with E-state index in [2.05, 4.69) is 29.3 Å². The van der Waals surface area contributed by atoms with Gasteiger partial charge in [0.1, 0.15) is 0 Å². The lowest BCUT2D eigenvalue weighted by Crippen LogP contribution is -2.31. The Morgan fingerprint density at radius 1 is 1.43 bits per heavy atom. The highest BCUT2D eigenvalue weighted by molar-refractivity contribution is 8.03. The molecule has 3 N–H and O–H groups in total. The normalized spacial score (nSPS) is 25.7. The molecule has 0 aromatic heterocycles. The second-order valence-electron chi connectivity index (χ2n) is 3.54. The molecule has 0 radical (unpaired) electrons. The highest BCUT2D eigenvalue weighted by Gasteiger charge is 2.07. The Balaban J connectivity index is 2.45. The van der Waals surface area contributed by atoms with Gasteiger partial charge in [0.2, 0.25) is 0 Å². The van der Waals surface area contributed by atoms with Crippen LogP contribution in [-0.2, 0) is 0 Å². The van der Waals surface area contributed by atoms with Crippen molar-refractivity contribution in [3.05, 3.63) is 11.1 Å². The lowest BCUT2D eigenvalue weighted by molar-refractivity contribution is 0.572. The van der Waals surface area contributed by atoms with Crippen molar-refractivity contribution >= 4 is 11.8 Å². The third-order valence-corrected chi connectivity index (χ3v) is 3.69. The SMILES string of the molecule is CNC(C)/C1=C/NNCCCCCS1. The van der Waals surface area contributed by atoms with Gasteiger partial charge >= 0.3 is 0 Å². The summed E-state index contributed by atoms with van der Waals surface area (Å²) in [7, 11) is 2.00. The van der Waals surface area contributed by atoms with Gasteiger partial charge < -0.3 is 10.7 Å². The van der Waals surface area contributed by atoms with Gasteiger partial charge in [0.05, 0.1) is 0 Å². The fourth-order valence-corrected chi connectivity index (χ4v) is 2.40. The van der Waals surface area contributed by atoms with E-state index in [0.717, 1.165) is 6.54 Å². The zero-order valence-corrected chi connectivity index (χ0v) is 9.91. The predicted octanol–water partition coefficient (Wildman–Crippen LogP) is 1.45. The zero-order valence-electron chi connectivity index (χ0n) is 9.10. The summed E-state index contributed by atoms with van der Waals surface area (Å²) in [4.78, 5) is 1.38. The standard InChI is InChI=1S/C10H21N3S/c1-9(11-2)10-8-13-12-6-4-3-5-7-14-10/h8-9,11-13H,3-7H2,1-2H3/b10-8-. The monoisotopic (exact) mass is 215 g/mol. The number of rotatable bonds is 2. The molecule has 0 aromatic rings. The molecule has 0 bridgehead atoms. The quantitative estimate of drug-likeness (QED) is 0.651. The van der Waals surface area contributed by atoms with Crippen molar-refractivity contribution < 1.29 is 0 Å². The molecule has 1 aliphatic heterocycles. The highest BCUT2D eigenvalue weighted by Crippen LogP contribution is 2.20. The first kappa shape index (κ1) is 11.9. The fourth-order valence-electron chi connectivity index (χ4n) is 1.31. The number of thioether (sulfide) groups is 1. The molecule has 0 saturated carbocycles. The largest absolute Gasteiger partial charge is 0.328 e. The van der Waals surface area contributed by atoms with Gasteiger partial charge in [-0.15, -0.1) is 11.8 Å². The Bertz CT molecular complexity index is 182. The topological polar surface area (TPSA) is 36.1 Å². The van der Waals surface area contributed by atoms with Crippen LogP contribution >= 0.6 is 11.8 Å². The number of likely N-dealkylation sites (N-methyl/N-ethyl adjacent to an activating group) is 1. The van der Waals surface area contributed by atoms with E-state index in [9.17, 15) is 0 Å². The number of hydrogen-bond donors (Lipinski definition) is 3. The molecule has 4 heteroatoms. The highest BCUT2D eigenvalue weighted by atomic mass is 32.2. The molecule has 1 unspecified atom stereocenters. The molecule has 0 aromatic carbocycles. The first-order valence-electron chi connectivity index (χ1n) is 5.33. The summed E-state index contributed by atoms with van der Waals surface area (Å²) in [6.07, 6.45) is 5.98. The van der Waals surface area contributed by atoms with Gasteiger partial charge in [0.25, 0.3) is 0 Å². The van der Waals surface area contributed by atoms with Crippen molar-refractivity contribution in [1.29, 1.82) is 0 Å². The average molecular weight is 215 g/mol. The molecule has 0 fully saturated rings. The minimum Gasteiger partial charge on any atom is -0.328 e. The smallest absolute Gasteiger partial charge is 0.0363 e. The van der Waals surface area contributed by atoms with Gasteiger partial charge in [-0.1, -0.05) is 6.42 Å². The van der Waals surface area contributed by atoms with Gasteiger partial charge in [-0.25, -0.2) is 5.43 Å². The van der Waals surface area contributed by atoms with Crippen LogP contribution in [-0.4, -0.2) is 25.4 Å². The Kier molecular flexibility index (Phi) is 6.07. The summed E-state index contributed by atoms with van der Waals surface area (Å²) in [5, 5.41) is 3.26. The summed E-state index contributed by atoms with van der Waals surface area (Å²) in [6.45, 7) is 3.24. The van der Waals surface area contributed by atoms with Crippen LogP contribution in [0.1, 0.15) is 26.2 Å². The van der Waals surface area contributed by atoms with Gasteiger partial charge in [-0.05, 0) is 32.6 Å². The fraction of sp³-hybridized carbons (Fsp3) is 0.800. The molecule has 1 rings (SSSR count). The lowest BCUT2D eigenvalue weighted by atomic mass is 10.2. The van der Waals surface area contributed by atoms with Crippen molar-refractivity contribution in [3.8, 4) is 0 Å². The van der Waals surface area contributed by atoms with Crippen LogP contribution in [0.15, 0.2) is 11.1 Å². The van der Waals surface area contributed by atoms with E-state index in [4.69, 9.17) is 0 Å². The van der Waals surface area contributed by atoms with E-state index in [1.807, 2.05) is 18.8 Å². The first-order chi connectivity index (χ1) is 6.84. The van der Waals surface area contributed by atoms with Gasteiger partial charge in [-0.2, -0.15) is 0 Å². The molecule has 1 aliphatic rings.